The molecule has 0 aromatic heterocycles. The molecule has 74 valence electrons. The molecular formula is C13H16O. The Labute approximate surface area is 85.1 Å². The lowest BCUT2D eigenvalue weighted by Crippen LogP contribution is -2.02. The molecule has 0 spiro atoms. The molecule has 0 aliphatic heterocycles. The van der Waals surface area contributed by atoms with Crippen LogP contribution in [-0.4, -0.2) is 5.78 Å². The van der Waals surface area contributed by atoms with Gasteiger partial charge < -0.3 is 0 Å². The van der Waals surface area contributed by atoms with E-state index in [0.717, 1.165) is 19.3 Å². The Kier molecular flexibility index (Phi) is 2.67. The van der Waals surface area contributed by atoms with Crippen molar-refractivity contribution in [2.45, 2.75) is 38.5 Å². The van der Waals surface area contributed by atoms with Crippen LogP contribution in [0.3, 0.4) is 0 Å². The Balaban J connectivity index is 2.14. The van der Waals surface area contributed by atoms with Crippen LogP contribution in [0.15, 0.2) is 24.3 Å². The highest BCUT2D eigenvalue weighted by Crippen LogP contribution is 2.35. The number of aryl methyl sites for hydroxylation is 1. The molecule has 1 aliphatic rings. The number of carbonyl (C=O) groups is 1. The van der Waals surface area contributed by atoms with Crippen molar-refractivity contribution in [1.29, 1.82) is 0 Å². The van der Waals surface area contributed by atoms with Crippen molar-refractivity contribution in [2.24, 2.45) is 0 Å². The van der Waals surface area contributed by atoms with Crippen molar-refractivity contribution in [3.63, 3.8) is 0 Å². The standard InChI is InChI=1S/C13H16O/c1-2-12(14)9-11-8-7-10-5-3-4-6-13(10)11/h3-6,11H,2,7-9H2,1H3. The fraction of sp³-hybridized carbons (Fsp3) is 0.462. The molecule has 1 nitrogen and oxygen atoms in total. The predicted octanol–water partition coefficient (Wildman–Crippen LogP) is 3.09. The van der Waals surface area contributed by atoms with Gasteiger partial charge in [0.15, 0.2) is 0 Å². The lowest BCUT2D eigenvalue weighted by molar-refractivity contribution is -0.119. The summed E-state index contributed by atoms with van der Waals surface area (Å²) in [5.74, 6) is 0.894. The molecule has 0 heterocycles. The van der Waals surface area contributed by atoms with E-state index in [1.54, 1.807) is 0 Å². The first-order chi connectivity index (χ1) is 6.81. The van der Waals surface area contributed by atoms with E-state index < -0.39 is 0 Å². The minimum Gasteiger partial charge on any atom is -0.300 e. The quantitative estimate of drug-likeness (QED) is 0.712. The highest BCUT2D eigenvalue weighted by molar-refractivity contribution is 5.79. The molecule has 2 rings (SSSR count). The second-order valence-electron chi connectivity index (χ2n) is 4.03. The smallest absolute Gasteiger partial charge is 0.133 e. The van der Waals surface area contributed by atoms with Crippen molar-refractivity contribution in [1.82, 2.24) is 0 Å². The summed E-state index contributed by atoms with van der Waals surface area (Å²) in [4.78, 5) is 11.4. The van der Waals surface area contributed by atoms with Gasteiger partial charge in [0.25, 0.3) is 0 Å². The van der Waals surface area contributed by atoms with Crippen molar-refractivity contribution in [2.75, 3.05) is 0 Å². The lowest BCUT2D eigenvalue weighted by atomic mass is 9.95. The molecule has 0 saturated carbocycles. The average molecular weight is 188 g/mol. The number of Topliss-reactive ketones (excluding diaryl/α,β-unsaturated/α-hetero) is 1. The van der Waals surface area contributed by atoms with Crippen LogP contribution in [0.5, 0.6) is 0 Å². The maximum atomic E-state index is 11.4. The largest absolute Gasteiger partial charge is 0.300 e. The first-order valence-corrected chi connectivity index (χ1v) is 5.40. The van der Waals surface area contributed by atoms with Gasteiger partial charge in [-0.15, -0.1) is 0 Å². The van der Waals surface area contributed by atoms with E-state index in [1.165, 1.54) is 11.1 Å². The van der Waals surface area contributed by atoms with Gasteiger partial charge in [-0.3, -0.25) is 4.79 Å². The Morgan fingerprint density at radius 1 is 1.43 bits per heavy atom. The number of fused-ring (bicyclic) bond motifs is 1. The summed E-state index contributed by atoms with van der Waals surface area (Å²) < 4.78 is 0. The number of benzene rings is 1. The molecule has 0 N–H and O–H groups in total. The van der Waals surface area contributed by atoms with Crippen LogP contribution < -0.4 is 0 Å². The SMILES string of the molecule is CCC(=O)CC1CCc2ccccc21. The Morgan fingerprint density at radius 2 is 2.21 bits per heavy atom. The van der Waals surface area contributed by atoms with E-state index in [2.05, 4.69) is 24.3 Å². The molecule has 1 heteroatoms. The normalized spacial score (nSPS) is 19.4. The van der Waals surface area contributed by atoms with E-state index in [-0.39, 0.29) is 0 Å². The van der Waals surface area contributed by atoms with Gasteiger partial charge in [0.2, 0.25) is 0 Å². The summed E-state index contributed by atoms with van der Waals surface area (Å²) in [6.07, 6.45) is 3.73. The van der Waals surface area contributed by atoms with Crippen LogP contribution >= 0.6 is 0 Å². The highest BCUT2D eigenvalue weighted by Gasteiger charge is 2.23. The van der Waals surface area contributed by atoms with Crippen molar-refractivity contribution >= 4 is 5.78 Å². The fourth-order valence-corrected chi connectivity index (χ4v) is 2.28. The zero-order chi connectivity index (χ0) is 9.97. The third-order valence-corrected chi connectivity index (χ3v) is 3.13. The summed E-state index contributed by atoms with van der Waals surface area (Å²) in [6.45, 7) is 1.95. The summed E-state index contributed by atoms with van der Waals surface area (Å²) in [7, 11) is 0. The summed E-state index contributed by atoms with van der Waals surface area (Å²) in [6, 6.07) is 8.53. The van der Waals surface area contributed by atoms with E-state index in [1.807, 2.05) is 6.92 Å². The number of carbonyl (C=O) groups excluding carboxylic acids is 1. The van der Waals surface area contributed by atoms with Gasteiger partial charge in [-0.1, -0.05) is 31.2 Å². The summed E-state index contributed by atoms with van der Waals surface area (Å²) in [5.41, 5.74) is 2.86. The van der Waals surface area contributed by atoms with Gasteiger partial charge in [0.05, 0.1) is 0 Å². The molecule has 1 aliphatic carbocycles. The number of rotatable bonds is 3. The first-order valence-electron chi connectivity index (χ1n) is 5.40. The molecule has 0 bridgehead atoms. The van der Waals surface area contributed by atoms with Gasteiger partial charge in [0, 0.05) is 12.8 Å². The molecule has 0 fully saturated rings. The Hall–Kier alpha value is -1.11. The van der Waals surface area contributed by atoms with E-state index in [4.69, 9.17) is 0 Å². The van der Waals surface area contributed by atoms with Gasteiger partial charge in [-0.25, -0.2) is 0 Å². The molecule has 0 amide bonds. The van der Waals surface area contributed by atoms with Gasteiger partial charge in [0.1, 0.15) is 5.78 Å². The van der Waals surface area contributed by atoms with Gasteiger partial charge >= 0.3 is 0 Å². The topological polar surface area (TPSA) is 17.1 Å². The average Bonchev–Trinajstić information content (AvgIpc) is 2.62. The molecule has 1 aromatic carbocycles. The van der Waals surface area contributed by atoms with Crippen LogP contribution in [0.1, 0.15) is 43.2 Å². The monoisotopic (exact) mass is 188 g/mol. The molecule has 0 radical (unpaired) electrons. The molecule has 1 unspecified atom stereocenters. The maximum absolute atomic E-state index is 11.4. The highest BCUT2D eigenvalue weighted by atomic mass is 16.1. The van der Waals surface area contributed by atoms with Crippen LogP contribution in [0.4, 0.5) is 0 Å². The number of hydrogen-bond acceptors (Lipinski definition) is 1. The molecule has 0 saturated heterocycles. The van der Waals surface area contributed by atoms with E-state index >= 15 is 0 Å². The zero-order valence-electron chi connectivity index (χ0n) is 8.62. The minimum absolute atomic E-state index is 0.395. The van der Waals surface area contributed by atoms with Crippen LogP contribution in [0.2, 0.25) is 0 Å². The Morgan fingerprint density at radius 3 is 3.00 bits per heavy atom. The lowest BCUT2D eigenvalue weighted by Gasteiger charge is -2.09. The number of ketones is 1. The van der Waals surface area contributed by atoms with Gasteiger partial charge in [-0.05, 0) is 29.9 Å². The molecule has 1 aromatic rings. The molecule has 1 atom stereocenters. The predicted molar refractivity (Wildman–Crippen MR) is 57.4 cm³/mol. The van der Waals surface area contributed by atoms with Crippen molar-refractivity contribution in [3.05, 3.63) is 35.4 Å². The third-order valence-electron chi connectivity index (χ3n) is 3.13. The summed E-state index contributed by atoms with van der Waals surface area (Å²) in [5, 5.41) is 0. The first kappa shape index (κ1) is 9.45. The van der Waals surface area contributed by atoms with Crippen LogP contribution in [0.25, 0.3) is 0 Å². The van der Waals surface area contributed by atoms with E-state index in [9.17, 15) is 4.79 Å². The van der Waals surface area contributed by atoms with Gasteiger partial charge in [-0.2, -0.15) is 0 Å². The van der Waals surface area contributed by atoms with Crippen molar-refractivity contribution < 1.29 is 4.79 Å². The Bertz CT molecular complexity index is 341. The zero-order valence-corrected chi connectivity index (χ0v) is 8.62. The molecule has 14 heavy (non-hydrogen) atoms. The second kappa shape index (κ2) is 3.95. The van der Waals surface area contributed by atoms with Crippen molar-refractivity contribution in [3.8, 4) is 0 Å². The second-order valence-corrected chi connectivity index (χ2v) is 4.03. The van der Waals surface area contributed by atoms with Crippen LogP contribution in [-0.2, 0) is 11.2 Å². The fourth-order valence-electron chi connectivity index (χ4n) is 2.28. The van der Waals surface area contributed by atoms with E-state index in [0.29, 0.717) is 18.1 Å². The maximum Gasteiger partial charge on any atom is 0.133 e. The number of hydrogen-bond donors (Lipinski definition) is 0. The third kappa shape index (κ3) is 1.72. The minimum atomic E-state index is 0.395. The van der Waals surface area contributed by atoms with Crippen LogP contribution in [0, 0.1) is 0 Å². The summed E-state index contributed by atoms with van der Waals surface area (Å²) >= 11 is 0. The molecular weight excluding hydrogens is 172 g/mol.